The first kappa shape index (κ1) is 19.0. The number of carbonyl (C=O) groups excluding carboxylic acids is 1. The van der Waals surface area contributed by atoms with E-state index in [0.717, 1.165) is 32.8 Å². The van der Waals surface area contributed by atoms with Crippen LogP contribution in [-0.2, 0) is 16.0 Å². The number of nitrogens with zero attached hydrogens (tertiary/aromatic N) is 1. The highest BCUT2D eigenvalue weighted by Crippen LogP contribution is 2.23. The number of aryl methyl sites for hydroxylation is 2. The third-order valence-electron chi connectivity index (χ3n) is 4.41. The van der Waals surface area contributed by atoms with Crippen LogP contribution in [-0.4, -0.2) is 22.0 Å². The molecule has 3 rings (SSSR count). The maximum atomic E-state index is 12.4. The minimum absolute atomic E-state index is 0.130. The minimum Gasteiger partial charge on any atom is -0.481 e. The van der Waals surface area contributed by atoms with Gasteiger partial charge in [-0.3, -0.25) is 9.59 Å². The lowest BCUT2D eigenvalue weighted by molar-refractivity contribution is -0.137. The first-order valence-corrected chi connectivity index (χ1v) is 9.75. The molecule has 0 fully saturated rings. The molecule has 0 aliphatic carbocycles. The van der Waals surface area contributed by atoms with Gasteiger partial charge in [0.2, 0.25) is 5.91 Å². The van der Waals surface area contributed by atoms with Crippen LogP contribution in [0.5, 0.6) is 0 Å². The molecule has 5 nitrogen and oxygen atoms in total. The summed E-state index contributed by atoms with van der Waals surface area (Å²) < 4.78 is 1.15. The highest BCUT2D eigenvalue weighted by atomic mass is 32.1. The van der Waals surface area contributed by atoms with Gasteiger partial charge in [-0.05, 0) is 43.0 Å². The number of carbonyl (C=O) groups is 2. The largest absolute Gasteiger partial charge is 0.481 e. The number of fused-ring (bicyclic) bond motifs is 1. The number of aromatic nitrogens is 1. The fraction of sp³-hybridized carbons (Fsp3) is 0.286. The van der Waals surface area contributed by atoms with E-state index in [-0.39, 0.29) is 12.3 Å². The Labute approximate surface area is 162 Å². The predicted molar refractivity (Wildman–Crippen MR) is 107 cm³/mol. The Hall–Kier alpha value is -2.73. The molecule has 0 saturated heterocycles. The summed E-state index contributed by atoms with van der Waals surface area (Å²) in [5.41, 5.74) is 2.81. The van der Waals surface area contributed by atoms with Crippen LogP contribution in [0.2, 0.25) is 0 Å². The van der Waals surface area contributed by atoms with Crippen LogP contribution < -0.4 is 5.32 Å². The van der Waals surface area contributed by atoms with Gasteiger partial charge >= 0.3 is 5.97 Å². The maximum Gasteiger partial charge on any atom is 0.305 e. The molecule has 27 heavy (non-hydrogen) atoms. The Morgan fingerprint density at radius 3 is 2.63 bits per heavy atom. The number of para-hydroxylation sites is 1. The molecule has 0 aliphatic heterocycles. The van der Waals surface area contributed by atoms with Gasteiger partial charge in [-0.2, -0.15) is 0 Å². The van der Waals surface area contributed by atoms with Crippen molar-refractivity contribution in [3.63, 3.8) is 0 Å². The number of carboxylic acid groups (broad SMARTS) is 1. The molecule has 0 bridgehead atoms. The van der Waals surface area contributed by atoms with Gasteiger partial charge in [0.05, 0.1) is 27.7 Å². The molecule has 2 N–H and O–H groups in total. The summed E-state index contributed by atoms with van der Waals surface area (Å²) in [5, 5.41) is 13.1. The highest BCUT2D eigenvalue weighted by Gasteiger charge is 2.19. The summed E-state index contributed by atoms with van der Waals surface area (Å²) in [6, 6.07) is 15.0. The van der Waals surface area contributed by atoms with E-state index in [1.54, 1.807) is 11.3 Å². The molecule has 1 unspecified atom stereocenters. The molecule has 140 valence electrons. The normalized spacial score (nSPS) is 12.0. The van der Waals surface area contributed by atoms with E-state index in [9.17, 15) is 14.7 Å². The van der Waals surface area contributed by atoms with Gasteiger partial charge in [0.25, 0.3) is 0 Å². The number of amides is 1. The summed E-state index contributed by atoms with van der Waals surface area (Å²) in [6.45, 7) is 1.92. The highest BCUT2D eigenvalue weighted by molar-refractivity contribution is 7.18. The zero-order valence-corrected chi connectivity index (χ0v) is 16.0. The number of benzene rings is 2. The Balaban J connectivity index is 1.57. The Bertz CT molecular complexity index is 918. The number of nitrogens with one attached hydrogen (secondary N) is 1. The summed E-state index contributed by atoms with van der Waals surface area (Å²) in [5.74, 6) is -1.07. The maximum absolute atomic E-state index is 12.4. The first-order valence-electron chi connectivity index (χ1n) is 8.94. The Morgan fingerprint density at radius 1 is 1.15 bits per heavy atom. The zero-order valence-electron chi connectivity index (χ0n) is 15.1. The molecule has 0 spiro atoms. The molecule has 3 aromatic rings. The third-order valence-corrected chi connectivity index (χ3v) is 5.51. The number of aliphatic carboxylic acids is 1. The van der Waals surface area contributed by atoms with Gasteiger partial charge in [-0.25, -0.2) is 4.98 Å². The minimum atomic E-state index is -0.932. The second-order valence-electron chi connectivity index (χ2n) is 6.50. The van der Waals surface area contributed by atoms with E-state index < -0.39 is 12.0 Å². The van der Waals surface area contributed by atoms with Crippen molar-refractivity contribution in [2.45, 2.75) is 38.6 Å². The van der Waals surface area contributed by atoms with E-state index in [2.05, 4.69) is 10.3 Å². The topological polar surface area (TPSA) is 79.3 Å². The van der Waals surface area contributed by atoms with Crippen LogP contribution in [0.4, 0.5) is 0 Å². The second kappa shape index (κ2) is 8.77. The number of hydrogen-bond acceptors (Lipinski definition) is 4. The molecule has 1 heterocycles. The monoisotopic (exact) mass is 382 g/mol. The molecule has 0 saturated carbocycles. The fourth-order valence-corrected chi connectivity index (χ4v) is 4.09. The Kier molecular flexibility index (Phi) is 6.19. The van der Waals surface area contributed by atoms with E-state index in [0.29, 0.717) is 12.8 Å². The molecule has 2 aromatic carbocycles. The van der Waals surface area contributed by atoms with Crippen LogP contribution in [0.1, 0.15) is 41.4 Å². The molecular formula is C21H22N2O3S. The van der Waals surface area contributed by atoms with Gasteiger partial charge in [-0.1, -0.05) is 36.4 Å². The number of carboxylic acids is 1. The summed E-state index contributed by atoms with van der Waals surface area (Å²) >= 11 is 1.65. The lowest BCUT2D eigenvalue weighted by Crippen LogP contribution is -2.30. The van der Waals surface area contributed by atoms with Gasteiger partial charge in [0.15, 0.2) is 0 Å². The third kappa shape index (κ3) is 5.14. The first-order chi connectivity index (χ1) is 13.0. The van der Waals surface area contributed by atoms with Crippen molar-refractivity contribution >= 4 is 33.4 Å². The van der Waals surface area contributed by atoms with Crippen LogP contribution in [0.3, 0.4) is 0 Å². The van der Waals surface area contributed by atoms with Crippen molar-refractivity contribution in [1.82, 2.24) is 10.3 Å². The quantitative estimate of drug-likeness (QED) is 0.610. The molecular weight excluding hydrogens is 360 g/mol. The predicted octanol–water partition coefficient (Wildman–Crippen LogP) is 4.26. The van der Waals surface area contributed by atoms with Crippen molar-refractivity contribution in [2.75, 3.05) is 0 Å². The molecule has 0 radical (unpaired) electrons. The molecule has 6 heteroatoms. The lowest BCUT2D eigenvalue weighted by atomic mass is 9.98. The number of thiazole rings is 1. The number of rotatable bonds is 8. The molecule has 1 aromatic heterocycles. The lowest BCUT2D eigenvalue weighted by Gasteiger charge is -2.19. The van der Waals surface area contributed by atoms with Crippen molar-refractivity contribution in [2.24, 2.45) is 0 Å². The van der Waals surface area contributed by atoms with Crippen molar-refractivity contribution in [3.8, 4) is 0 Å². The summed E-state index contributed by atoms with van der Waals surface area (Å²) in [7, 11) is 0. The van der Waals surface area contributed by atoms with Crippen molar-refractivity contribution < 1.29 is 14.7 Å². The van der Waals surface area contributed by atoms with Crippen molar-refractivity contribution in [3.05, 3.63) is 64.7 Å². The smallest absolute Gasteiger partial charge is 0.305 e. The summed E-state index contributed by atoms with van der Waals surface area (Å²) in [6.07, 6.45) is 1.63. The summed E-state index contributed by atoms with van der Waals surface area (Å²) in [4.78, 5) is 28.1. The van der Waals surface area contributed by atoms with Gasteiger partial charge in [0.1, 0.15) is 0 Å². The van der Waals surface area contributed by atoms with E-state index in [4.69, 9.17) is 0 Å². The van der Waals surface area contributed by atoms with Crippen LogP contribution in [0.15, 0.2) is 48.5 Å². The molecule has 0 aliphatic rings. The van der Waals surface area contributed by atoms with Gasteiger partial charge in [-0.15, -0.1) is 11.3 Å². The van der Waals surface area contributed by atoms with Crippen molar-refractivity contribution in [1.29, 1.82) is 0 Å². The fourth-order valence-electron chi connectivity index (χ4n) is 3.08. The van der Waals surface area contributed by atoms with Crippen LogP contribution in [0, 0.1) is 6.92 Å². The standard InChI is InChI=1S/C21H22N2O3S/c1-14-7-2-3-8-15(14)17(13-21(25)26)22-19(24)11-6-12-20-23-16-9-4-5-10-18(16)27-20/h2-5,7-10,17H,6,11-13H2,1H3,(H,22,24)(H,25,26). The average Bonchev–Trinajstić information content (AvgIpc) is 3.04. The van der Waals surface area contributed by atoms with Gasteiger partial charge in [0, 0.05) is 6.42 Å². The van der Waals surface area contributed by atoms with Crippen LogP contribution >= 0.6 is 11.3 Å². The molecule has 1 atom stereocenters. The van der Waals surface area contributed by atoms with Crippen LogP contribution in [0.25, 0.3) is 10.2 Å². The Morgan fingerprint density at radius 2 is 1.89 bits per heavy atom. The van der Waals surface area contributed by atoms with Gasteiger partial charge < -0.3 is 10.4 Å². The molecule has 1 amide bonds. The average molecular weight is 382 g/mol. The second-order valence-corrected chi connectivity index (χ2v) is 7.62. The van der Waals surface area contributed by atoms with E-state index in [1.165, 1.54) is 0 Å². The zero-order chi connectivity index (χ0) is 19.2. The SMILES string of the molecule is Cc1ccccc1C(CC(=O)O)NC(=O)CCCc1nc2ccccc2s1. The van der Waals surface area contributed by atoms with E-state index in [1.807, 2.05) is 55.5 Å². The number of hydrogen-bond donors (Lipinski definition) is 2. The van der Waals surface area contributed by atoms with E-state index >= 15 is 0 Å².